The summed E-state index contributed by atoms with van der Waals surface area (Å²) in [5.74, 6) is 0.281. The molecule has 1 unspecified atom stereocenters. The molecule has 0 fully saturated rings. The number of aliphatic hydroxyl groups excluding tert-OH is 1. The van der Waals surface area contributed by atoms with E-state index in [0.29, 0.717) is 5.58 Å². The van der Waals surface area contributed by atoms with Crippen molar-refractivity contribution in [2.75, 3.05) is 6.54 Å². The van der Waals surface area contributed by atoms with Gasteiger partial charge in [0.1, 0.15) is 11.6 Å². The van der Waals surface area contributed by atoms with Crippen LogP contribution in [0.5, 0.6) is 0 Å². The van der Waals surface area contributed by atoms with Crippen LogP contribution in [0.3, 0.4) is 0 Å². The van der Waals surface area contributed by atoms with Gasteiger partial charge in [-0.3, -0.25) is 0 Å². The maximum atomic E-state index is 9.35. The van der Waals surface area contributed by atoms with Gasteiger partial charge in [0.05, 0.1) is 0 Å². The molecule has 3 N–H and O–H groups in total. The Labute approximate surface area is 94.4 Å². The number of nitrogens with zero attached hydrogens (tertiary/aromatic N) is 1. The molecule has 16 heavy (non-hydrogen) atoms. The van der Waals surface area contributed by atoms with Crippen LogP contribution in [-0.4, -0.2) is 16.6 Å². The van der Waals surface area contributed by atoms with Gasteiger partial charge in [0.25, 0.3) is 0 Å². The molecule has 4 heteroatoms. The van der Waals surface area contributed by atoms with Crippen LogP contribution in [0, 0.1) is 0 Å². The molecule has 0 bridgehead atoms. The van der Waals surface area contributed by atoms with E-state index in [2.05, 4.69) is 11.6 Å². The van der Waals surface area contributed by atoms with E-state index in [1.807, 2.05) is 25.1 Å². The molecule has 0 amide bonds. The smallest absolute Gasteiger partial charge is 0.225 e. The molecule has 0 aliphatic carbocycles. The molecule has 86 valence electrons. The van der Waals surface area contributed by atoms with E-state index < -0.39 is 6.10 Å². The molecule has 0 aliphatic rings. The first kappa shape index (κ1) is 12.4. The van der Waals surface area contributed by atoms with E-state index in [-0.39, 0.29) is 12.4 Å². The van der Waals surface area contributed by atoms with E-state index in [1.54, 1.807) is 12.1 Å². The Morgan fingerprint density at radius 2 is 2.19 bits per heavy atom. The van der Waals surface area contributed by atoms with Crippen molar-refractivity contribution in [3.8, 4) is 0 Å². The molecule has 0 radical (unpaired) electrons. The van der Waals surface area contributed by atoms with E-state index in [4.69, 9.17) is 10.2 Å². The number of aromatic nitrogens is 1. The van der Waals surface area contributed by atoms with Gasteiger partial charge in [0, 0.05) is 6.54 Å². The average molecular weight is 220 g/mol. The van der Waals surface area contributed by atoms with Crippen LogP contribution in [0.25, 0.3) is 11.1 Å². The number of aliphatic hydroxyl groups is 1. The van der Waals surface area contributed by atoms with Gasteiger partial charge in [-0.05, 0) is 19.1 Å². The lowest BCUT2D eigenvalue weighted by Gasteiger charge is -1.99. The van der Waals surface area contributed by atoms with Crippen LogP contribution in [0.1, 0.15) is 18.9 Å². The number of para-hydroxylation sites is 2. The number of allylic oxidation sites excluding steroid dienone is 1. The van der Waals surface area contributed by atoms with Crippen molar-refractivity contribution in [1.82, 2.24) is 4.98 Å². The van der Waals surface area contributed by atoms with Crippen molar-refractivity contribution in [2.24, 2.45) is 5.73 Å². The van der Waals surface area contributed by atoms with Crippen LogP contribution in [0.15, 0.2) is 41.3 Å². The molecular weight excluding hydrogens is 204 g/mol. The zero-order chi connectivity index (χ0) is 12.0. The molecule has 0 spiro atoms. The number of oxazole rings is 1. The lowest BCUT2D eigenvalue weighted by atomic mass is 10.3. The second-order valence-electron chi connectivity index (χ2n) is 3.18. The fraction of sp³-hybridized carbons (Fsp3) is 0.250. The zero-order valence-electron chi connectivity index (χ0n) is 9.26. The van der Waals surface area contributed by atoms with E-state index in [9.17, 15) is 5.11 Å². The summed E-state index contributed by atoms with van der Waals surface area (Å²) in [7, 11) is 0. The average Bonchev–Trinajstić information content (AvgIpc) is 2.72. The van der Waals surface area contributed by atoms with Crippen LogP contribution >= 0.6 is 0 Å². The third kappa shape index (κ3) is 2.92. The number of fused-ring (bicyclic) bond motifs is 1. The molecule has 2 rings (SSSR count). The highest BCUT2D eigenvalue weighted by molar-refractivity contribution is 5.72. The van der Waals surface area contributed by atoms with Crippen LogP contribution in [-0.2, 0) is 0 Å². The highest BCUT2D eigenvalue weighted by Gasteiger charge is 2.12. The quantitative estimate of drug-likeness (QED) is 0.759. The first-order valence-electron chi connectivity index (χ1n) is 5.03. The summed E-state index contributed by atoms with van der Waals surface area (Å²) in [6, 6.07) is 7.34. The number of hydrogen-bond acceptors (Lipinski definition) is 4. The SMILES string of the molecule is C=CC.NCC(O)c1nc2ccccc2o1. The summed E-state index contributed by atoms with van der Waals surface area (Å²) in [6.07, 6.45) is 0.937. The van der Waals surface area contributed by atoms with Crippen molar-refractivity contribution < 1.29 is 9.52 Å². The molecule has 2 aromatic rings. The fourth-order valence-corrected chi connectivity index (χ4v) is 1.13. The van der Waals surface area contributed by atoms with Crippen LogP contribution in [0.2, 0.25) is 0 Å². The molecular formula is C12H16N2O2. The third-order valence-electron chi connectivity index (χ3n) is 1.82. The summed E-state index contributed by atoms with van der Waals surface area (Å²) in [5, 5.41) is 9.35. The van der Waals surface area contributed by atoms with Crippen molar-refractivity contribution in [1.29, 1.82) is 0 Å². The lowest BCUT2D eigenvalue weighted by Crippen LogP contribution is -2.11. The summed E-state index contributed by atoms with van der Waals surface area (Å²) in [4.78, 5) is 4.09. The van der Waals surface area contributed by atoms with Crippen molar-refractivity contribution >= 4 is 11.1 Å². The molecule has 0 aliphatic heterocycles. The van der Waals surface area contributed by atoms with Crippen LogP contribution < -0.4 is 5.73 Å². The zero-order valence-corrected chi connectivity index (χ0v) is 9.26. The maximum absolute atomic E-state index is 9.35. The first-order valence-corrected chi connectivity index (χ1v) is 5.03. The molecule has 1 heterocycles. The number of hydrogen-bond donors (Lipinski definition) is 2. The minimum atomic E-state index is -0.813. The Morgan fingerprint density at radius 3 is 2.75 bits per heavy atom. The second kappa shape index (κ2) is 6.05. The van der Waals surface area contributed by atoms with Gasteiger partial charge in [0.15, 0.2) is 5.58 Å². The Kier molecular flexibility index (Phi) is 4.69. The lowest BCUT2D eigenvalue weighted by molar-refractivity contribution is 0.154. The van der Waals surface area contributed by atoms with Gasteiger partial charge >= 0.3 is 0 Å². The van der Waals surface area contributed by atoms with E-state index >= 15 is 0 Å². The number of benzene rings is 1. The maximum Gasteiger partial charge on any atom is 0.225 e. The van der Waals surface area contributed by atoms with Crippen molar-refractivity contribution in [2.45, 2.75) is 13.0 Å². The molecule has 0 saturated heterocycles. The summed E-state index contributed by atoms with van der Waals surface area (Å²) in [5.41, 5.74) is 6.69. The molecule has 0 saturated carbocycles. The second-order valence-corrected chi connectivity index (χ2v) is 3.18. The standard InChI is InChI=1S/C9H10N2O2.C3H6/c10-5-7(12)9-11-6-3-1-2-4-8(6)13-9;1-3-2/h1-4,7,12H,5,10H2;3H,1H2,2H3. The molecule has 1 aromatic heterocycles. The molecule has 1 aromatic carbocycles. The van der Waals surface area contributed by atoms with Gasteiger partial charge in [-0.15, -0.1) is 6.58 Å². The number of nitrogens with two attached hydrogens (primary N) is 1. The molecule has 4 nitrogen and oxygen atoms in total. The van der Waals surface area contributed by atoms with Gasteiger partial charge in [-0.1, -0.05) is 18.2 Å². The van der Waals surface area contributed by atoms with E-state index in [0.717, 1.165) is 5.52 Å². The highest BCUT2D eigenvalue weighted by atomic mass is 16.4. The van der Waals surface area contributed by atoms with Gasteiger partial charge in [-0.2, -0.15) is 0 Å². The van der Waals surface area contributed by atoms with Gasteiger partial charge < -0.3 is 15.3 Å². The van der Waals surface area contributed by atoms with Crippen LogP contribution in [0.4, 0.5) is 0 Å². The van der Waals surface area contributed by atoms with E-state index in [1.165, 1.54) is 0 Å². The largest absolute Gasteiger partial charge is 0.438 e. The summed E-state index contributed by atoms with van der Waals surface area (Å²) >= 11 is 0. The normalized spacial score (nSPS) is 11.7. The summed E-state index contributed by atoms with van der Waals surface area (Å²) in [6.45, 7) is 5.37. The number of rotatable bonds is 2. The Bertz CT molecular complexity index is 418. The van der Waals surface area contributed by atoms with Gasteiger partial charge in [-0.25, -0.2) is 4.98 Å². The van der Waals surface area contributed by atoms with Crippen molar-refractivity contribution in [3.05, 3.63) is 42.8 Å². The fourth-order valence-electron chi connectivity index (χ4n) is 1.13. The first-order chi connectivity index (χ1) is 7.72. The Balaban J connectivity index is 0.000000386. The topological polar surface area (TPSA) is 72.3 Å². The Morgan fingerprint density at radius 1 is 1.56 bits per heavy atom. The minimum Gasteiger partial charge on any atom is -0.438 e. The Hall–Kier alpha value is -1.65. The summed E-state index contributed by atoms with van der Waals surface area (Å²) < 4.78 is 5.28. The van der Waals surface area contributed by atoms with Crippen molar-refractivity contribution in [3.63, 3.8) is 0 Å². The predicted octanol–water partition coefficient (Wildman–Crippen LogP) is 2.01. The third-order valence-corrected chi connectivity index (χ3v) is 1.82. The molecule has 1 atom stereocenters. The highest BCUT2D eigenvalue weighted by Crippen LogP contribution is 2.18. The predicted molar refractivity (Wildman–Crippen MR) is 63.9 cm³/mol. The monoisotopic (exact) mass is 220 g/mol. The van der Waals surface area contributed by atoms with Gasteiger partial charge in [0.2, 0.25) is 5.89 Å². The minimum absolute atomic E-state index is 0.118.